The van der Waals surface area contributed by atoms with Crippen molar-refractivity contribution in [2.45, 2.75) is 37.1 Å². The summed E-state index contributed by atoms with van der Waals surface area (Å²) in [6, 6.07) is 5.85. The maximum Gasteiger partial charge on any atom is 0.240 e. The number of ether oxygens (including phenoxy) is 1. The van der Waals surface area contributed by atoms with Crippen molar-refractivity contribution < 1.29 is 17.9 Å². The van der Waals surface area contributed by atoms with Crippen molar-refractivity contribution in [1.29, 1.82) is 0 Å². The van der Waals surface area contributed by atoms with Crippen LogP contribution in [0.15, 0.2) is 41.3 Å². The number of carbonyl (C=O) groups excluding carboxylic acids is 1. The number of allylic oxidation sites excluding steroid dienone is 2. The second-order valence-electron chi connectivity index (χ2n) is 5.97. The van der Waals surface area contributed by atoms with Gasteiger partial charge in [-0.3, -0.25) is 4.79 Å². The standard InChI is InChI=1S/C17H24N2O4S/c1-13(12-23-2)19-24(21,22)16-10-8-15(9-11-16)18-17(20)14-6-4-3-5-7-14/h3-4,8-11,13-14,19H,5-7,12H2,1-2H3,(H,18,20)/t13-,14+/m1/s1. The van der Waals surface area contributed by atoms with Crippen LogP contribution in [0.2, 0.25) is 0 Å². The number of amides is 1. The number of nitrogens with one attached hydrogen (secondary N) is 2. The van der Waals surface area contributed by atoms with Crippen LogP contribution in [0.1, 0.15) is 26.2 Å². The quantitative estimate of drug-likeness (QED) is 0.738. The fraction of sp³-hybridized carbons (Fsp3) is 0.471. The van der Waals surface area contributed by atoms with Crippen LogP contribution in [0.3, 0.4) is 0 Å². The minimum atomic E-state index is -3.60. The molecule has 2 rings (SSSR count). The first-order valence-electron chi connectivity index (χ1n) is 7.99. The lowest BCUT2D eigenvalue weighted by atomic mass is 9.93. The van der Waals surface area contributed by atoms with Crippen LogP contribution in [-0.2, 0) is 19.6 Å². The van der Waals surface area contributed by atoms with Crippen molar-refractivity contribution in [2.24, 2.45) is 5.92 Å². The van der Waals surface area contributed by atoms with E-state index in [2.05, 4.69) is 16.1 Å². The van der Waals surface area contributed by atoms with Gasteiger partial charge in [-0.25, -0.2) is 13.1 Å². The topological polar surface area (TPSA) is 84.5 Å². The summed E-state index contributed by atoms with van der Waals surface area (Å²) in [5.41, 5.74) is 0.596. The van der Waals surface area contributed by atoms with E-state index >= 15 is 0 Å². The predicted octanol–water partition coefficient (Wildman–Crippen LogP) is 2.29. The summed E-state index contributed by atoms with van der Waals surface area (Å²) >= 11 is 0. The lowest BCUT2D eigenvalue weighted by Gasteiger charge is -2.17. The minimum absolute atomic E-state index is 0.0185. The number of hydrogen-bond donors (Lipinski definition) is 2. The first-order chi connectivity index (χ1) is 11.4. The number of rotatable bonds is 7. The summed E-state index contributed by atoms with van der Waals surface area (Å²) in [5.74, 6) is -0.0447. The molecule has 0 bridgehead atoms. The highest BCUT2D eigenvalue weighted by atomic mass is 32.2. The molecule has 0 spiro atoms. The van der Waals surface area contributed by atoms with Gasteiger partial charge in [0.15, 0.2) is 0 Å². The van der Waals surface area contributed by atoms with E-state index in [1.165, 1.54) is 19.2 Å². The van der Waals surface area contributed by atoms with E-state index < -0.39 is 10.0 Å². The smallest absolute Gasteiger partial charge is 0.240 e. The molecular weight excluding hydrogens is 328 g/mol. The Balaban J connectivity index is 1.99. The first kappa shape index (κ1) is 18.6. The number of methoxy groups -OCH3 is 1. The second kappa shape index (κ2) is 8.41. The average Bonchev–Trinajstić information content (AvgIpc) is 2.56. The molecule has 7 heteroatoms. The molecule has 0 saturated heterocycles. The molecule has 1 amide bonds. The van der Waals surface area contributed by atoms with Crippen molar-refractivity contribution in [3.63, 3.8) is 0 Å². The summed E-state index contributed by atoms with van der Waals surface area (Å²) in [6.07, 6.45) is 6.62. The Hall–Kier alpha value is -1.70. The van der Waals surface area contributed by atoms with E-state index in [0.717, 1.165) is 19.3 Å². The van der Waals surface area contributed by atoms with E-state index in [9.17, 15) is 13.2 Å². The van der Waals surface area contributed by atoms with Crippen molar-refractivity contribution in [3.8, 4) is 0 Å². The van der Waals surface area contributed by atoms with E-state index in [0.29, 0.717) is 12.3 Å². The Kier molecular flexibility index (Phi) is 6.53. The van der Waals surface area contributed by atoms with Gasteiger partial charge in [0, 0.05) is 24.8 Å². The van der Waals surface area contributed by atoms with Crippen molar-refractivity contribution in [1.82, 2.24) is 4.72 Å². The van der Waals surface area contributed by atoms with Gasteiger partial charge < -0.3 is 10.1 Å². The van der Waals surface area contributed by atoms with Crippen LogP contribution in [0, 0.1) is 5.92 Å². The highest BCUT2D eigenvalue weighted by Gasteiger charge is 2.20. The van der Waals surface area contributed by atoms with Crippen LogP contribution < -0.4 is 10.0 Å². The third kappa shape index (κ3) is 5.15. The SMILES string of the molecule is COC[C@@H](C)NS(=O)(=O)c1ccc(NC(=O)[C@H]2CC=CCC2)cc1. The number of anilines is 1. The van der Waals surface area contributed by atoms with E-state index in [-0.39, 0.29) is 22.8 Å². The van der Waals surface area contributed by atoms with Gasteiger partial charge >= 0.3 is 0 Å². The maximum atomic E-state index is 12.2. The molecule has 1 aliphatic rings. The van der Waals surface area contributed by atoms with Gasteiger partial charge in [0.2, 0.25) is 15.9 Å². The summed E-state index contributed by atoms with van der Waals surface area (Å²) in [5, 5.41) is 2.84. The van der Waals surface area contributed by atoms with Gasteiger partial charge in [0.1, 0.15) is 0 Å². The Morgan fingerprint density at radius 1 is 1.29 bits per heavy atom. The third-order valence-corrected chi connectivity index (χ3v) is 5.45. The minimum Gasteiger partial charge on any atom is -0.383 e. The van der Waals surface area contributed by atoms with Crippen molar-refractivity contribution >= 4 is 21.6 Å². The summed E-state index contributed by atoms with van der Waals surface area (Å²) in [6.45, 7) is 2.03. The molecule has 0 saturated carbocycles. The maximum absolute atomic E-state index is 12.2. The van der Waals surface area contributed by atoms with Crippen LogP contribution in [0.4, 0.5) is 5.69 Å². The molecule has 132 valence electrons. The molecule has 0 unspecified atom stereocenters. The molecule has 2 N–H and O–H groups in total. The molecule has 0 aromatic heterocycles. The second-order valence-corrected chi connectivity index (χ2v) is 7.69. The Labute approximate surface area is 143 Å². The summed E-state index contributed by atoms with van der Waals surface area (Å²) in [7, 11) is -2.08. The van der Waals surface area contributed by atoms with Gasteiger partial charge in [-0.2, -0.15) is 0 Å². The van der Waals surface area contributed by atoms with Gasteiger partial charge in [0.25, 0.3) is 0 Å². The van der Waals surface area contributed by atoms with Crippen LogP contribution in [0.25, 0.3) is 0 Å². The van der Waals surface area contributed by atoms with Gasteiger partial charge in [-0.15, -0.1) is 0 Å². The molecule has 0 fully saturated rings. The molecule has 1 aliphatic carbocycles. The van der Waals surface area contributed by atoms with Gasteiger partial charge in [0.05, 0.1) is 11.5 Å². The largest absolute Gasteiger partial charge is 0.383 e. The summed E-state index contributed by atoms with van der Waals surface area (Å²) < 4.78 is 31.9. The lowest BCUT2D eigenvalue weighted by molar-refractivity contribution is -0.120. The van der Waals surface area contributed by atoms with Crippen LogP contribution in [0.5, 0.6) is 0 Å². The average molecular weight is 352 g/mol. The normalized spacial score (nSPS) is 19.0. The zero-order chi connectivity index (χ0) is 17.6. The number of benzene rings is 1. The zero-order valence-corrected chi connectivity index (χ0v) is 14.8. The van der Waals surface area contributed by atoms with Crippen molar-refractivity contribution in [2.75, 3.05) is 19.0 Å². The Morgan fingerprint density at radius 3 is 2.58 bits per heavy atom. The van der Waals surface area contributed by atoms with Crippen LogP contribution >= 0.6 is 0 Å². The zero-order valence-electron chi connectivity index (χ0n) is 14.0. The number of hydrogen-bond acceptors (Lipinski definition) is 4. The molecule has 0 aliphatic heterocycles. The number of sulfonamides is 1. The molecule has 1 aromatic rings. The Bertz CT molecular complexity index is 683. The molecule has 1 aromatic carbocycles. The molecule has 24 heavy (non-hydrogen) atoms. The molecule has 0 radical (unpaired) electrons. The Morgan fingerprint density at radius 2 is 2.00 bits per heavy atom. The first-order valence-corrected chi connectivity index (χ1v) is 9.48. The fourth-order valence-corrected chi connectivity index (χ4v) is 3.84. The highest BCUT2D eigenvalue weighted by molar-refractivity contribution is 7.89. The number of carbonyl (C=O) groups is 1. The monoisotopic (exact) mass is 352 g/mol. The van der Waals surface area contributed by atoms with E-state index in [1.54, 1.807) is 19.1 Å². The van der Waals surface area contributed by atoms with Crippen molar-refractivity contribution in [3.05, 3.63) is 36.4 Å². The molecule has 0 heterocycles. The highest BCUT2D eigenvalue weighted by Crippen LogP contribution is 2.21. The van der Waals surface area contributed by atoms with E-state index in [4.69, 9.17) is 4.74 Å². The predicted molar refractivity (Wildman–Crippen MR) is 93.2 cm³/mol. The molecule has 2 atom stereocenters. The van der Waals surface area contributed by atoms with Gasteiger partial charge in [-0.1, -0.05) is 12.2 Å². The van der Waals surface area contributed by atoms with Gasteiger partial charge in [-0.05, 0) is 50.5 Å². The van der Waals surface area contributed by atoms with Crippen LogP contribution in [-0.4, -0.2) is 34.1 Å². The van der Waals surface area contributed by atoms with E-state index in [1.807, 2.05) is 6.08 Å². The molecular formula is C17H24N2O4S. The lowest BCUT2D eigenvalue weighted by Crippen LogP contribution is -2.35. The third-order valence-electron chi connectivity index (χ3n) is 3.85. The molecule has 6 nitrogen and oxygen atoms in total. The fourth-order valence-electron chi connectivity index (χ4n) is 2.61. The summed E-state index contributed by atoms with van der Waals surface area (Å²) in [4.78, 5) is 12.3.